The van der Waals surface area contributed by atoms with Gasteiger partial charge in [0, 0.05) is 10.6 Å². The monoisotopic (exact) mass is 264 g/mol. The summed E-state index contributed by atoms with van der Waals surface area (Å²) in [6, 6.07) is 7.19. The van der Waals surface area contributed by atoms with Crippen LogP contribution in [-0.4, -0.2) is 22.1 Å². The van der Waals surface area contributed by atoms with Gasteiger partial charge in [-0.2, -0.15) is 0 Å². The van der Waals surface area contributed by atoms with E-state index in [2.05, 4.69) is 13.0 Å². The first-order chi connectivity index (χ1) is 8.61. The molecule has 1 unspecified atom stereocenters. The smallest absolute Gasteiger partial charge is 0.115 e. The highest BCUT2D eigenvalue weighted by molar-refractivity contribution is 7.99. The molecule has 0 heterocycles. The quantitative estimate of drug-likeness (QED) is 0.607. The zero-order valence-corrected chi connectivity index (χ0v) is 11.7. The molecule has 0 saturated carbocycles. The van der Waals surface area contributed by atoms with Crippen molar-refractivity contribution in [2.24, 2.45) is 0 Å². The van der Waals surface area contributed by atoms with Crippen molar-refractivity contribution < 1.29 is 10.2 Å². The van der Waals surface area contributed by atoms with Gasteiger partial charge in [-0.15, -0.1) is 11.8 Å². The maximum Gasteiger partial charge on any atom is 0.115 e. The van der Waals surface area contributed by atoms with E-state index in [-0.39, 0.29) is 5.75 Å². The van der Waals surface area contributed by atoms with E-state index in [9.17, 15) is 10.2 Å². The number of thioether (sulfide) groups is 1. The molecule has 0 radical (unpaired) electrons. The van der Waals surface area contributed by atoms with Gasteiger partial charge in [0.1, 0.15) is 5.75 Å². The molecule has 1 aromatic rings. The van der Waals surface area contributed by atoms with E-state index in [0.29, 0.717) is 0 Å². The molecule has 3 heteroatoms. The van der Waals surface area contributed by atoms with Crippen LogP contribution in [0.4, 0.5) is 0 Å². The molecule has 0 aliphatic carbocycles. The number of hydrogen-bond acceptors (Lipinski definition) is 3. The summed E-state index contributed by atoms with van der Waals surface area (Å²) >= 11 is 1.72. The van der Waals surface area contributed by atoms with Crippen LogP contribution in [0.1, 0.15) is 20.3 Å². The fraction of sp³-hybridized carbons (Fsp3) is 0.333. The molecular weight excluding hydrogens is 244 g/mol. The molecule has 0 spiro atoms. The van der Waals surface area contributed by atoms with Crippen molar-refractivity contribution in [1.82, 2.24) is 0 Å². The minimum absolute atomic E-state index is 0.290. The maximum absolute atomic E-state index is 9.24. The Labute approximate surface area is 113 Å². The second-order valence-electron chi connectivity index (χ2n) is 4.07. The molecule has 0 aromatic heterocycles. The topological polar surface area (TPSA) is 40.5 Å². The van der Waals surface area contributed by atoms with Gasteiger partial charge in [-0.05, 0) is 43.2 Å². The highest BCUT2D eigenvalue weighted by Gasteiger charge is 1.98. The number of benzene rings is 1. The fourth-order valence-electron chi connectivity index (χ4n) is 1.41. The van der Waals surface area contributed by atoms with Gasteiger partial charge in [0.15, 0.2) is 0 Å². The SMILES string of the molecule is CC/C=C(\C=C/C(C)O)CSc1ccc(O)cc1. The summed E-state index contributed by atoms with van der Waals surface area (Å²) < 4.78 is 0. The van der Waals surface area contributed by atoms with Crippen LogP contribution in [0.2, 0.25) is 0 Å². The van der Waals surface area contributed by atoms with Gasteiger partial charge in [0.2, 0.25) is 0 Å². The minimum atomic E-state index is -0.413. The van der Waals surface area contributed by atoms with Gasteiger partial charge in [-0.25, -0.2) is 0 Å². The Bertz CT molecular complexity index is 405. The van der Waals surface area contributed by atoms with E-state index >= 15 is 0 Å². The van der Waals surface area contributed by atoms with Crippen LogP contribution in [0.3, 0.4) is 0 Å². The fourth-order valence-corrected chi connectivity index (χ4v) is 2.29. The van der Waals surface area contributed by atoms with E-state index in [1.807, 2.05) is 18.2 Å². The molecule has 0 aliphatic rings. The van der Waals surface area contributed by atoms with Crippen LogP contribution >= 0.6 is 11.8 Å². The zero-order chi connectivity index (χ0) is 13.4. The summed E-state index contributed by atoms with van der Waals surface area (Å²) in [6.07, 6.45) is 6.49. The Morgan fingerprint density at radius 1 is 1.33 bits per heavy atom. The molecule has 0 bridgehead atoms. The molecular formula is C15H20O2S. The number of hydrogen-bond donors (Lipinski definition) is 2. The number of phenols is 1. The van der Waals surface area contributed by atoms with Gasteiger partial charge in [0.05, 0.1) is 6.10 Å². The third-order valence-electron chi connectivity index (χ3n) is 2.30. The number of aliphatic hydroxyl groups is 1. The summed E-state index contributed by atoms with van der Waals surface area (Å²) in [4.78, 5) is 1.13. The highest BCUT2D eigenvalue weighted by atomic mass is 32.2. The lowest BCUT2D eigenvalue weighted by Gasteiger charge is -2.04. The molecule has 0 fully saturated rings. The number of aliphatic hydroxyl groups excluding tert-OH is 1. The molecule has 0 amide bonds. The molecule has 18 heavy (non-hydrogen) atoms. The van der Waals surface area contributed by atoms with Crippen molar-refractivity contribution in [2.45, 2.75) is 31.3 Å². The Morgan fingerprint density at radius 3 is 2.56 bits per heavy atom. The second-order valence-corrected chi connectivity index (χ2v) is 5.12. The lowest BCUT2D eigenvalue weighted by atomic mass is 10.2. The van der Waals surface area contributed by atoms with Crippen molar-refractivity contribution in [3.05, 3.63) is 48.1 Å². The van der Waals surface area contributed by atoms with Gasteiger partial charge in [-0.3, -0.25) is 0 Å². The first-order valence-corrected chi connectivity index (χ1v) is 7.07. The highest BCUT2D eigenvalue weighted by Crippen LogP contribution is 2.23. The summed E-state index contributed by atoms with van der Waals surface area (Å²) in [6.45, 7) is 3.84. The minimum Gasteiger partial charge on any atom is -0.508 e. The predicted octanol–water partition coefficient (Wildman–Crippen LogP) is 3.76. The third kappa shape index (κ3) is 5.94. The van der Waals surface area contributed by atoms with Crippen LogP contribution < -0.4 is 0 Å². The Balaban J connectivity index is 2.57. The number of aromatic hydroxyl groups is 1. The van der Waals surface area contributed by atoms with E-state index in [4.69, 9.17) is 0 Å². The lowest BCUT2D eigenvalue weighted by molar-refractivity contribution is 0.244. The maximum atomic E-state index is 9.24. The van der Waals surface area contributed by atoms with Gasteiger partial charge >= 0.3 is 0 Å². The average molecular weight is 264 g/mol. The molecule has 1 rings (SSSR count). The van der Waals surface area contributed by atoms with E-state index in [1.54, 1.807) is 36.9 Å². The second kappa shape index (κ2) is 8.01. The van der Waals surface area contributed by atoms with E-state index in [1.165, 1.54) is 5.57 Å². The molecule has 0 aliphatic heterocycles. The summed E-state index contributed by atoms with van der Waals surface area (Å²) in [5.41, 5.74) is 1.21. The third-order valence-corrected chi connectivity index (χ3v) is 3.38. The van der Waals surface area contributed by atoms with Crippen LogP contribution in [0.25, 0.3) is 0 Å². The summed E-state index contributed by atoms with van der Waals surface area (Å²) in [7, 11) is 0. The lowest BCUT2D eigenvalue weighted by Crippen LogP contribution is -1.93. The molecule has 2 nitrogen and oxygen atoms in total. The normalized spacial score (nSPS) is 14.1. The summed E-state index contributed by atoms with van der Waals surface area (Å²) in [5, 5.41) is 18.4. The average Bonchev–Trinajstić information content (AvgIpc) is 2.34. The Hall–Kier alpha value is -1.19. The van der Waals surface area contributed by atoms with Crippen LogP contribution in [0.5, 0.6) is 5.75 Å². The predicted molar refractivity (Wildman–Crippen MR) is 78.0 cm³/mol. The van der Waals surface area contributed by atoms with E-state index < -0.39 is 6.10 Å². The van der Waals surface area contributed by atoms with Crippen molar-refractivity contribution in [2.75, 3.05) is 5.75 Å². The molecule has 1 atom stereocenters. The van der Waals surface area contributed by atoms with Crippen LogP contribution in [0, 0.1) is 0 Å². The standard InChI is InChI=1S/C15H20O2S/c1-3-4-13(6-5-12(2)16)11-18-15-9-7-14(17)8-10-15/h4-10,12,16-17H,3,11H2,1-2H3/b6-5-,13-4+. The van der Waals surface area contributed by atoms with Crippen molar-refractivity contribution >= 4 is 11.8 Å². The number of rotatable bonds is 6. The molecule has 0 saturated heterocycles. The first kappa shape index (κ1) is 14.9. The Morgan fingerprint density at radius 2 is 2.00 bits per heavy atom. The molecule has 1 aromatic carbocycles. The molecule has 2 N–H and O–H groups in total. The van der Waals surface area contributed by atoms with Crippen LogP contribution in [0.15, 0.2) is 53.0 Å². The number of phenolic OH excluding ortho intramolecular Hbond substituents is 1. The van der Waals surface area contributed by atoms with Crippen molar-refractivity contribution in [3.8, 4) is 5.75 Å². The van der Waals surface area contributed by atoms with Crippen LogP contribution in [-0.2, 0) is 0 Å². The van der Waals surface area contributed by atoms with Crippen molar-refractivity contribution in [3.63, 3.8) is 0 Å². The van der Waals surface area contributed by atoms with Crippen molar-refractivity contribution in [1.29, 1.82) is 0 Å². The Kier molecular flexibility index (Phi) is 6.61. The summed E-state index contributed by atoms with van der Waals surface area (Å²) in [5.74, 6) is 1.15. The first-order valence-electron chi connectivity index (χ1n) is 6.09. The largest absolute Gasteiger partial charge is 0.508 e. The number of allylic oxidation sites excluding steroid dienone is 2. The van der Waals surface area contributed by atoms with Gasteiger partial charge in [0.25, 0.3) is 0 Å². The van der Waals surface area contributed by atoms with E-state index in [0.717, 1.165) is 17.1 Å². The van der Waals surface area contributed by atoms with Gasteiger partial charge < -0.3 is 10.2 Å². The molecule has 98 valence electrons. The van der Waals surface area contributed by atoms with Gasteiger partial charge in [-0.1, -0.05) is 25.2 Å². The zero-order valence-electron chi connectivity index (χ0n) is 10.8.